The molecule has 2 aromatic carbocycles. The molecule has 0 N–H and O–H groups in total. The molecule has 0 radical (unpaired) electrons. The van der Waals surface area contributed by atoms with Crippen molar-refractivity contribution >= 4 is 15.9 Å². The van der Waals surface area contributed by atoms with E-state index in [0.29, 0.717) is 22.4 Å². The molecule has 0 aromatic heterocycles. The van der Waals surface area contributed by atoms with Crippen molar-refractivity contribution in [2.45, 2.75) is 13.5 Å². The Kier molecular flexibility index (Phi) is 3.97. The topological polar surface area (TPSA) is 9.23 Å². The summed E-state index contributed by atoms with van der Waals surface area (Å²) in [5.74, 6) is 0.0256. The van der Waals surface area contributed by atoms with Crippen LogP contribution in [0.1, 0.15) is 11.1 Å². The van der Waals surface area contributed by atoms with Crippen LogP contribution in [0.5, 0.6) is 5.75 Å². The van der Waals surface area contributed by atoms with Gasteiger partial charge in [-0.15, -0.1) is 0 Å². The van der Waals surface area contributed by atoms with E-state index in [1.165, 1.54) is 12.1 Å². The van der Waals surface area contributed by atoms with Gasteiger partial charge in [-0.1, -0.05) is 6.07 Å². The number of hydrogen-bond acceptors (Lipinski definition) is 1. The van der Waals surface area contributed by atoms with Crippen LogP contribution in [0.2, 0.25) is 0 Å². The molecule has 94 valence electrons. The van der Waals surface area contributed by atoms with Crippen LogP contribution in [0.3, 0.4) is 0 Å². The Balaban J connectivity index is 2.06. The molecule has 2 aromatic rings. The fraction of sp³-hybridized carbons (Fsp3) is 0.143. The molecule has 0 saturated carbocycles. The Morgan fingerprint density at radius 1 is 1.06 bits per heavy atom. The highest BCUT2D eigenvalue weighted by atomic mass is 79.9. The van der Waals surface area contributed by atoms with Crippen molar-refractivity contribution in [3.05, 3.63) is 63.6 Å². The highest BCUT2D eigenvalue weighted by molar-refractivity contribution is 9.10. The predicted molar refractivity (Wildman–Crippen MR) is 69.6 cm³/mol. The normalized spacial score (nSPS) is 10.4. The second-order valence-electron chi connectivity index (χ2n) is 3.95. The fourth-order valence-corrected chi connectivity index (χ4v) is 1.93. The van der Waals surface area contributed by atoms with E-state index >= 15 is 0 Å². The minimum absolute atomic E-state index is 0.258. The van der Waals surface area contributed by atoms with Gasteiger partial charge in [0.15, 0.2) is 0 Å². The lowest BCUT2D eigenvalue weighted by Gasteiger charge is -2.08. The second-order valence-corrected chi connectivity index (χ2v) is 4.80. The molecule has 2 rings (SSSR count). The first-order valence-electron chi connectivity index (χ1n) is 5.39. The quantitative estimate of drug-likeness (QED) is 0.804. The second kappa shape index (κ2) is 5.48. The molecule has 4 heteroatoms. The highest BCUT2D eigenvalue weighted by Crippen LogP contribution is 2.20. The molecular formula is C14H11BrF2O. The van der Waals surface area contributed by atoms with Crippen molar-refractivity contribution in [3.8, 4) is 5.75 Å². The average Bonchev–Trinajstić information content (AvgIpc) is 2.35. The summed E-state index contributed by atoms with van der Waals surface area (Å²) in [7, 11) is 0. The molecule has 0 amide bonds. The average molecular weight is 313 g/mol. The maximum absolute atomic E-state index is 13.1. The Morgan fingerprint density at radius 2 is 1.78 bits per heavy atom. The smallest absolute Gasteiger partial charge is 0.137 e. The minimum Gasteiger partial charge on any atom is -0.489 e. The van der Waals surface area contributed by atoms with E-state index < -0.39 is 0 Å². The van der Waals surface area contributed by atoms with Crippen molar-refractivity contribution < 1.29 is 13.5 Å². The summed E-state index contributed by atoms with van der Waals surface area (Å²) in [5, 5.41) is 0. The van der Waals surface area contributed by atoms with Gasteiger partial charge in [0.2, 0.25) is 0 Å². The number of halogens is 3. The van der Waals surface area contributed by atoms with Gasteiger partial charge >= 0.3 is 0 Å². The van der Waals surface area contributed by atoms with Crippen molar-refractivity contribution in [2.75, 3.05) is 0 Å². The van der Waals surface area contributed by atoms with Gasteiger partial charge in [0, 0.05) is 0 Å². The molecule has 0 fully saturated rings. The predicted octanol–water partition coefficient (Wildman–Crippen LogP) is 4.61. The van der Waals surface area contributed by atoms with Crippen LogP contribution in [0.25, 0.3) is 0 Å². The first-order chi connectivity index (χ1) is 8.56. The third kappa shape index (κ3) is 3.07. The number of aryl methyl sites for hydroxylation is 1. The van der Waals surface area contributed by atoms with E-state index in [0.717, 1.165) is 5.56 Å². The summed E-state index contributed by atoms with van der Waals surface area (Å²) in [4.78, 5) is 0. The highest BCUT2D eigenvalue weighted by Gasteiger charge is 2.03. The van der Waals surface area contributed by atoms with Gasteiger partial charge in [-0.2, -0.15) is 0 Å². The van der Waals surface area contributed by atoms with Crippen LogP contribution >= 0.6 is 15.9 Å². The molecule has 0 atom stereocenters. The van der Waals surface area contributed by atoms with Gasteiger partial charge in [-0.3, -0.25) is 0 Å². The van der Waals surface area contributed by atoms with E-state index in [1.54, 1.807) is 31.2 Å². The zero-order valence-electron chi connectivity index (χ0n) is 9.71. The van der Waals surface area contributed by atoms with Gasteiger partial charge < -0.3 is 4.74 Å². The molecule has 18 heavy (non-hydrogen) atoms. The summed E-state index contributed by atoms with van der Waals surface area (Å²) < 4.78 is 32.0. The first-order valence-corrected chi connectivity index (χ1v) is 6.18. The molecule has 0 aliphatic carbocycles. The van der Waals surface area contributed by atoms with Gasteiger partial charge in [0.25, 0.3) is 0 Å². The Hall–Kier alpha value is -1.42. The number of rotatable bonds is 3. The molecular weight excluding hydrogens is 302 g/mol. The van der Waals surface area contributed by atoms with Crippen molar-refractivity contribution in [2.24, 2.45) is 0 Å². The Morgan fingerprint density at radius 3 is 2.44 bits per heavy atom. The molecule has 0 aliphatic heterocycles. The summed E-state index contributed by atoms with van der Waals surface area (Å²) >= 11 is 3.11. The Bertz CT molecular complexity index is 518. The third-order valence-corrected chi connectivity index (χ3v) is 3.13. The summed E-state index contributed by atoms with van der Waals surface area (Å²) in [6.45, 7) is 1.99. The summed E-state index contributed by atoms with van der Waals surface area (Å²) in [5.41, 5.74) is 1.37. The number of benzene rings is 2. The lowest BCUT2D eigenvalue weighted by molar-refractivity contribution is 0.305. The molecule has 0 saturated heterocycles. The monoisotopic (exact) mass is 312 g/mol. The van der Waals surface area contributed by atoms with E-state index in [2.05, 4.69) is 15.9 Å². The van der Waals surface area contributed by atoms with Crippen LogP contribution in [0, 0.1) is 18.6 Å². The SMILES string of the molecule is Cc1cc(OCc2ccc(F)c(Br)c2)ccc1F. The molecule has 0 aliphatic rings. The number of ether oxygens (including phenoxy) is 1. The maximum Gasteiger partial charge on any atom is 0.137 e. The van der Waals surface area contributed by atoms with E-state index in [-0.39, 0.29) is 11.6 Å². The molecule has 0 spiro atoms. The van der Waals surface area contributed by atoms with Crippen molar-refractivity contribution in [1.29, 1.82) is 0 Å². The largest absolute Gasteiger partial charge is 0.489 e. The lowest BCUT2D eigenvalue weighted by atomic mass is 10.2. The molecule has 1 nitrogen and oxygen atoms in total. The fourth-order valence-electron chi connectivity index (χ4n) is 1.50. The zero-order valence-corrected chi connectivity index (χ0v) is 11.3. The van der Waals surface area contributed by atoms with Crippen LogP contribution in [-0.2, 0) is 6.61 Å². The van der Waals surface area contributed by atoms with Gasteiger partial charge in [-0.25, -0.2) is 8.78 Å². The van der Waals surface area contributed by atoms with Crippen LogP contribution in [0.4, 0.5) is 8.78 Å². The molecule has 0 heterocycles. The molecule has 0 bridgehead atoms. The number of hydrogen-bond donors (Lipinski definition) is 0. The maximum atomic E-state index is 13.1. The van der Waals surface area contributed by atoms with Crippen molar-refractivity contribution in [3.63, 3.8) is 0 Å². The van der Waals surface area contributed by atoms with Gasteiger partial charge in [0.1, 0.15) is 24.0 Å². The molecule has 0 unspecified atom stereocenters. The summed E-state index contributed by atoms with van der Waals surface area (Å²) in [6.07, 6.45) is 0. The van der Waals surface area contributed by atoms with Gasteiger partial charge in [-0.05, 0) is 64.3 Å². The van der Waals surface area contributed by atoms with Crippen LogP contribution in [-0.4, -0.2) is 0 Å². The summed E-state index contributed by atoms with van der Waals surface area (Å²) in [6, 6.07) is 9.25. The van der Waals surface area contributed by atoms with Crippen molar-refractivity contribution in [1.82, 2.24) is 0 Å². The third-order valence-electron chi connectivity index (χ3n) is 2.52. The van der Waals surface area contributed by atoms with Crippen LogP contribution in [0.15, 0.2) is 40.9 Å². The van der Waals surface area contributed by atoms with E-state index in [1.807, 2.05) is 0 Å². The minimum atomic E-state index is -0.309. The van der Waals surface area contributed by atoms with E-state index in [4.69, 9.17) is 4.74 Å². The first kappa shape index (κ1) is 13.0. The standard InChI is InChI=1S/C14H11BrF2O/c1-9-6-11(3-5-13(9)16)18-8-10-2-4-14(17)12(15)7-10/h2-7H,8H2,1H3. The van der Waals surface area contributed by atoms with E-state index in [9.17, 15) is 8.78 Å². The van der Waals surface area contributed by atoms with Gasteiger partial charge in [0.05, 0.1) is 4.47 Å². The zero-order chi connectivity index (χ0) is 13.1. The Labute approximate surface area is 113 Å². The van der Waals surface area contributed by atoms with Crippen LogP contribution < -0.4 is 4.74 Å². The lowest BCUT2D eigenvalue weighted by Crippen LogP contribution is -1.96.